The van der Waals surface area contributed by atoms with Gasteiger partial charge in [0.1, 0.15) is 5.82 Å². The van der Waals surface area contributed by atoms with Crippen molar-refractivity contribution in [2.45, 2.75) is 45.3 Å². The predicted molar refractivity (Wildman–Crippen MR) is 116 cm³/mol. The minimum absolute atomic E-state index is 0.314. The van der Waals surface area contributed by atoms with Gasteiger partial charge in [-0.15, -0.1) is 0 Å². The Hall–Kier alpha value is -2.98. The van der Waals surface area contributed by atoms with E-state index < -0.39 is 0 Å². The molecule has 0 saturated carbocycles. The first-order valence-electron chi connectivity index (χ1n) is 10.4. The van der Waals surface area contributed by atoms with Crippen LogP contribution in [0.4, 0.5) is 0 Å². The first-order valence-corrected chi connectivity index (χ1v) is 10.4. The van der Waals surface area contributed by atoms with Crippen LogP contribution in [0.5, 0.6) is 0 Å². The van der Waals surface area contributed by atoms with E-state index in [-0.39, 0.29) is 0 Å². The van der Waals surface area contributed by atoms with E-state index in [9.17, 15) is 0 Å². The lowest BCUT2D eigenvalue weighted by Crippen LogP contribution is -2.31. The Labute approximate surface area is 171 Å². The highest BCUT2D eigenvalue weighted by Gasteiger charge is 2.28. The van der Waals surface area contributed by atoms with Crippen LogP contribution in [0.1, 0.15) is 47.1 Å². The van der Waals surface area contributed by atoms with E-state index in [1.54, 1.807) is 0 Å². The maximum absolute atomic E-state index is 4.84. The molecule has 1 N–H and O–H groups in total. The number of pyridine rings is 1. The molecule has 0 amide bonds. The molecule has 146 valence electrons. The van der Waals surface area contributed by atoms with Gasteiger partial charge < -0.3 is 4.98 Å². The number of aromatic amines is 1. The topological polar surface area (TPSA) is 44.8 Å². The molecule has 4 aromatic rings. The van der Waals surface area contributed by atoms with E-state index in [2.05, 4.69) is 71.4 Å². The summed E-state index contributed by atoms with van der Waals surface area (Å²) in [4.78, 5) is 15.7. The first kappa shape index (κ1) is 18.1. The lowest BCUT2D eigenvalue weighted by atomic mass is 9.90. The molecule has 1 unspecified atom stereocenters. The number of aryl methyl sites for hydroxylation is 2. The van der Waals surface area contributed by atoms with Crippen LogP contribution in [0.25, 0.3) is 11.0 Å². The molecule has 0 bridgehead atoms. The Morgan fingerprint density at radius 1 is 1.00 bits per heavy atom. The van der Waals surface area contributed by atoms with E-state index in [1.165, 1.54) is 28.8 Å². The van der Waals surface area contributed by atoms with Crippen LogP contribution in [-0.4, -0.2) is 19.9 Å². The van der Waals surface area contributed by atoms with Gasteiger partial charge in [-0.3, -0.25) is 9.88 Å². The number of hydrogen-bond acceptors (Lipinski definition) is 3. The van der Waals surface area contributed by atoms with E-state index >= 15 is 0 Å². The van der Waals surface area contributed by atoms with Gasteiger partial charge in [0.15, 0.2) is 0 Å². The fourth-order valence-electron chi connectivity index (χ4n) is 4.42. The molecule has 0 radical (unpaired) electrons. The van der Waals surface area contributed by atoms with Crippen LogP contribution in [0.2, 0.25) is 0 Å². The molecule has 0 spiro atoms. The van der Waals surface area contributed by atoms with Crippen molar-refractivity contribution >= 4 is 11.0 Å². The molecular weight excluding hydrogens is 356 g/mol. The summed E-state index contributed by atoms with van der Waals surface area (Å²) in [5, 5.41) is 0. The molecule has 1 aliphatic rings. The number of benzene rings is 2. The van der Waals surface area contributed by atoms with Crippen molar-refractivity contribution in [3.8, 4) is 0 Å². The van der Waals surface area contributed by atoms with Crippen molar-refractivity contribution in [3.05, 3.63) is 95.1 Å². The average Bonchev–Trinajstić information content (AvgIpc) is 3.17. The fraction of sp³-hybridized carbons (Fsp3) is 0.280. The third kappa shape index (κ3) is 3.81. The quantitative estimate of drug-likeness (QED) is 0.506. The highest BCUT2D eigenvalue weighted by Crippen LogP contribution is 2.34. The second-order valence-corrected chi connectivity index (χ2v) is 8.05. The summed E-state index contributed by atoms with van der Waals surface area (Å²) < 4.78 is 0. The monoisotopic (exact) mass is 382 g/mol. The maximum Gasteiger partial charge on any atom is 0.121 e. The van der Waals surface area contributed by atoms with Crippen LogP contribution in [0.3, 0.4) is 0 Å². The third-order valence-corrected chi connectivity index (χ3v) is 5.90. The fourth-order valence-corrected chi connectivity index (χ4v) is 4.42. The number of aromatic nitrogens is 3. The van der Waals surface area contributed by atoms with Crippen molar-refractivity contribution < 1.29 is 0 Å². The Kier molecular flexibility index (Phi) is 4.86. The molecule has 2 heterocycles. The second kappa shape index (κ2) is 7.80. The summed E-state index contributed by atoms with van der Waals surface area (Å²) in [5.74, 6) is 1.02. The van der Waals surface area contributed by atoms with E-state index in [0.29, 0.717) is 6.04 Å². The van der Waals surface area contributed by atoms with Gasteiger partial charge in [0.25, 0.3) is 0 Å². The zero-order valence-electron chi connectivity index (χ0n) is 16.8. The zero-order chi connectivity index (χ0) is 19.6. The third-order valence-electron chi connectivity index (χ3n) is 5.90. The van der Waals surface area contributed by atoms with Crippen LogP contribution >= 0.6 is 0 Å². The predicted octanol–water partition coefficient (Wildman–Crippen LogP) is 5.35. The second-order valence-electron chi connectivity index (χ2n) is 8.05. The number of nitrogens with one attached hydrogen (secondary N) is 1. The molecule has 5 rings (SSSR count). The number of fused-ring (bicyclic) bond motifs is 2. The largest absolute Gasteiger partial charge is 0.341 e. The van der Waals surface area contributed by atoms with Crippen LogP contribution < -0.4 is 0 Å². The van der Waals surface area contributed by atoms with Gasteiger partial charge in [-0.25, -0.2) is 4.98 Å². The van der Waals surface area contributed by atoms with Crippen molar-refractivity contribution in [1.29, 1.82) is 0 Å². The number of rotatable bonds is 5. The summed E-state index contributed by atoms with van der Waals surface area (Å²) in [5.41, 5.74) is 7.38. The van der Waals surface area contributed by atoms with Gasteiger partial charge >= 0.3 is 0 Å². The summed E-state index contributed by atoms with van der Waals surface area (Å²) >= 11 is 0. The molecule has 2 aromatic heterocycles. The van der Waals surface area contributed by atoms with E-state index in [1.807, 2.05) is 12.3 Å². The summed E-state index contributed by atoms with van der Waals surface area (Å²) in [6, 6.07) is 21.7. The molecule has 0 fully saturated rings. The number of para-hydroxylation sites is 2. The molecule has 2 aromatic carbocycles. The number of imidazole rings is 1. The summed E-state index contributed by atoms with van der Waals surface area (Å²) in [7, 11) is 0. The average molecular weight is 383 g/mol. The standard InChI is InChI=1S/C25H26N4/c1-18-11-13-19(14-12-18)16-29(17-24-27-21-8-2-3-9-22(21)28-24)23-10-4-6-20-7-5-15-26-25(20)23/h2-3,5,7-9,11-15,23H,4,6,10,16-17H2,1H3,(H,27,28). The molecule has 4 nitrogen and oxygen atoms in total. The Bertz CT molecular complexity index is 1080. The Balaban J connectivity index is 1.49. The Morgan fingerprint density at radius 2 is 1.86 bits per heavy atom. The molecule has 0 aliphatic heterocycles. The number of nitrogens with zero attached hydrogens (tertiary/aromatic N) is 3. The number of hydrogen-bond donors (Lipinski definition) is 1. The van der Waals surface area contributed by atoms with Gasteiger partial charge in [0, 0.05) is 12.7 Å². The van der Waals surface area contributed by atoms with Crippen molar-refractivity contribution in [3.63, 3.8) is 0 Å². The first-order chi connectivity index (χ1) is 14.3. The SMILES string of the molecule is Cc1ccc(CN(Cc2nc3ccccc3[nH]2)C2CCCc3cccnc32)cc1. The van der Waals surface area contributed by atoms with Crippen molar-refractivity contribution in [2.24, 2.45) is 0 Å². The van der Waals surface area contributed by atoms with Gasteiger partial charge in [-0.1, -0.05) is 48.0 Å². The smallest absolute Gasteiger partial charge is 0.121 e. The summed E-state index contributed by atoms with van der Waals surface area (Å²) in [6.07, 6.45) is 5.40. The maximum atomic E-state index is 4.84. The van der Waals surface area contributed by atoms with Crippen molar-refractivity contribution in [2.75, 3.05) is 0 Å². The van der Waals surface area contributed by atoms with E-state index in [4.69, 9.17) is 9.97 Å². The molecule has 4 heteroatoms. The minimum Gasteiger partial charge on any atom is -0.341 e. The minimum atomic E-state index is 0.314. The zero-order valence-corrected chi connectivity index (χ0v) is 16.8. The number of H-pyrrole nitrogens is 1. The highest BCUT2D eigenvalue weighted by molar-refractivity contribution is 5.74. The van der Waals surface area contributed by atoms with Crippen LogP contribution in [0.15, 0.2) is 66.9 Å². The van der Waals surface area contributed by atoms with Gasteiger partial charge in [0.05, 0.1) is 29.3 Å². The van der Waals surface area contributed by atoms with Crippen molar-refractivity contribution in [1.82, 2.24) is 19.9 Å². The molecule has 29 heavy (non-hydrogen) atoms. The molecule has 1 aliphatic carbocycles. The Morgan fingerprint density at radius 3 is 2.72 bits per heavy atom. The lowest BCUT2D eigenvalue weighted by molar-refractivity contribution is 0.153. The lowest BCUT2D eigenvalue weighted by Gasteiger charge is -2.34. The van der Waals surface area contributed by atoms with Gasteiger partial charge in [-0.05, 0) is 55.5 Å². The molecule has 1 atom stereocenters. The van der Waals surface area contributed by atoms with E-state index in [0.717, 1.165) is 42.8 Å². The summed E-state index contributed by atoms with van der Waals surface area (Å²) in [6.45, 7) is 3.80. The molecule has 0 saturated heterocycles. The van der Waals surface area contributed by atoms with Gasteiger partial charge in [-0.2, -0.15) is 0 Å². The van der Waals surface area contributed by atoms with Crippen LogP contribution in [0, 0.1) is 6.92 Å². The molecular formula is C25H26N4. The van der Waals surface area contributed by atoms with Gasteiger partial charge in [0.2, 0.25) is 0 Å². The van der Waals surface area contributed by atoms with Crippen LogP contribution in [-0.2, 0) is 19.5 Å². The normalized spacial score (nSPS) is 16.3. The highest BCUT2D eigenvalue weighted by atomic mass is 15.2.